The van der Waals surface area contributed by atoms with Gasteiger partial charge in [-0.05, 0) is 37.9 Å². The van der Waals surface area contributed by atoms with Crippen LogP contribution in [-0.2, 0) is 4.43 Å². The van der Waals surface area contributed by atoms with E-state index in [4.69, 9.17) is 4.43 Å². The maximum atomic E-state index is 6.20. The molecule has 1 atom stereocenters. The predicted octanol–water partition coefficient (Wildman–Crippen LogP) is 4.36. The highest BCUT2D eigenvalue weighted by molar-refractivity contribution is 6.74. The molecule has 0 heterocycles. The first-order valence-corrected chi connectivity index (χ1v) is 8.40. The van der Waals surface area contributed by atoms with Gasteiger partial charge in [0.05, 0.1) is 0 Å². The van der Waals surface area contributed by atoms with Crippen LogP contribution in [0.1, 0.15) is 40.5 Å². The van der Waals surface area contributed by atoms with E-state index in [-0.39, 0.29) is 0 Å². The molecule has 0 aromatic rings. The molecule has 14 heavy (non-hydrogen) atoms. The monoisotopic (exact) mass is 214 g/mol. The van der Waals surface area contributed by atoms with E-state index in [0.29, 0.717) is 11.1 Å². The molecule has 1 unspecified atom stereocenters. The molecule has 0 radical (unpaired) electrons. The molecular weight excluding hydrogens is 188 g/mol. The van der Waals surface area contributed by atoms with Crippen molar-refractivity contribution in [3.8, 4) is 0 Å². The van der Waals surface area contributed by atoms with Crippen LogP contribution < -0.4 is 0 Å². The average Bonchev–Trinajstić information content (AvgIpc) is 1.97. The van der Waals surface area contributed by atoms with Crippen LogP contribution >= 0.6 is 0 Å². The Bertz CT molecular complexity index is 179. The van der Waals surface area contributed by atoms with Gasteiger partial charge in [0.2, 0.25) is 0 Å². The fourth-order valence-corrected chi connectivity index (χ4v) is 2.57. The van der Waals surface area contributed by atoms with Gasteiger partial charge >= 0.3 is 0 Å². The first-order chi connectivity index (χ1) is 6.20. The Morgan fingerprint density at radius 1 is 1.36 bits per heavy atom. The summed E-state index contributed by atoms with van der Waals surface area (Å²) in [6.45, 7) is 17.3. The topological polar surface area (TPSA) is 9.23 Å². The van der Waals surface area contributed by atoms with Gasteiger partial charge in [0.1, 0.15) is 0 Å². The highest BCUT2D eigenvalue weighted by Crippen LogP contribution is 2.37. The number of hydrogen-bond acceptors (Lipinski definition) is 1. The first kappa shape index (κ1) is 13.9. The van der Waals surface area contributed by atoms with E-state index in [9.17, 15) is 0 Å². The van der Waals surface area contributed by atoms with Crippen molar-refractivity contribution < 1.29 is 4.43 Å². The summed E-state index contributed by atoms with van der Waals surface area (Å²) in [5.74, 6) is 0. The summed E-state index contributed by atoms with van der Waals surface area (Å²) in [6.07, 6.45) is 4.48. The van der Waals surface area contributed by atoms with Gasteiger partial charge in [-0.2, -0.15) is 0 Å². The minimum absolute atomic E-state index is 0.315. The molecule has 1 nitrogen and oxygen atoms in total. The molecule has 0 spiro atoms. The van der Waals surface area contributed by atoms with Gasteiger partial charge in [-0.1, -0.05) is 26.8 Å². The third kappa shape index (κ3) is 4.42. The zero-order valence-electron chi connectivity index (χ0n) is 10.7. The van der Waals surface area contributed by atoms with Crippen molar-refractivity contribution in [3.63, 3.8) is 0 Å². The van der Waals surface area contributed by atoms with Crippen molar-refractivity contribution >= 4 is 8.32 Å². The molecule has 0 aliphatic carbocycles. The molecule has 84 valence electrons. The second kappa shape index (κ2) is 5.13. The molecule has 0 N–H and O–H groups in total. The van der Waals surface area contributed by atoms with Gasteiger partial charge < -0.3 is 4.43 Å². The molecule has 0 rings (SSSR count). The summed E-state index contributed by atoms with van der Waals surface area (Å²) in [5.41, 5.74) is 0. The highest BCUT2D eigenvalue weighted by Gasteiger charge is 2.38. The van der Waals surface area contributed by atoms with Crippen LogP contribution in [0.2, 0.25) is 18.1 Å². The zero-order valence-corrected chi connectivity index (χ0v) is 11.7. The number of rotatable bonds is 5. The fraction of sp³-hybridized carbons (Fsp3) is 0.833. The molecule has 2 heteroatoms. The molecule has 0 bridgehead atoms. The maximum Gasteiger partial charge on any atom is 0.192 e. The minimum Gasteiger partial charge on any atom is -0.414 e. The zero-order chi connectivity index (χ0) is 11.4. The lowest BCUT2D eigenvalue weighted by molar-refractivity contribution is 0.190. The van der Waals surface area contributed by atoms with Crippen LogP contribution in [0.15, 0.2) is 12.7 Å². The Balaban J connectivity index is 4.15. The van der Waals surface area contributed by atoms with Crippen molar-refractivity contribution in [2.45, 2.75) is 64.8 Å². The third-order valence-corrected chi connectivity index (χ3v) is 7.68. The Morgan fingerprint density at radius 3 is 2.21 bits per heavy atom. The standard InChI is InChI=1S/C12H26OSi/c1-8-9-10-11(2)13-14(6,7)12(3,4)5/h8,11H,1,9-10H2,2-7H3. The SMILES string of the molecule is C=CCCC(C)O[Si](C)(C)C(C)(C)C. The summed E-state index contributed by atoms with van der Waals surface area (Å²) >= 11 is 0. The average molecular weight is 214 g/mol. The lowest BCUT2D eigenvalue weighted by Crippen LogP contribution is -2.43. The molecular formula is C12H26OSi. The van der Waals surface area contributed by atoms with Crippen molar-refractivity contribution in [3.05, 3.63) is 12.7 Å². The van der Waals surface area contributed by atoms with Crippen molar-refractivity contribution in [1.82, 2.24) is 0 Å². The van der Waals surface area contributed by atoms with Crippen LogP contribution in [0, 0.1) is 0 Å². The summed E-state index contributed by atoms with van der Waals surface area (Å²) in [6, 6.07) is 0. The van der Waals surface area contributed by atoms with Gasteiger partial charge in [-0.15, -0.1) is 6.58 Å². The molecule has 0 saturated carbocycles. The second-order valence-electron chi connectivity index (χ2n) is 5.55. The molecule has 0 fully saturated rings. The van der Waals surface area contributed by atoms with E-state index >= 15 is 0 Å². The van der Waals surface area contributed by atoms with E-state index < -0.39 is 8.32 Å². The van der Waals surface area contributed by atoms with Gasteiger partial charge in [0.15, 0.2) is 8.32 Å². The van der Waals surface area contributed by atoms with Gasteiger partial charge in [0, 0.05) is 6.10 Å². The lowest BCUT2D eigenvalue weighted by Gasteiger charge is -2.38. The summed E-state index contributed by atoms with van der Waals surface area (Å²) in [4.78, 5) is 0. The smallest absolute Gasteiger partial charge is 0.192 e. The Kier molecular flexibility index (Phi) is 5.10. The van der Waals surface area contributed by atoms with Crippen LogP contribution in [0.4, 0.5) is 0 Å². The minimum atomic E-state index is -1.55. The van der Waals surface area contributed by atoms with Crippen molar-refractivity contribution in [2.75, 3.05) is 0 Å². The van der Waals surface area contributed by atoms with E-state index in [1.54, 1.807) is 0 Å². The van der Waals surface area contributed by atoms with Crippen LogP contribution in [-0.4, -0.2) is 14.4 Å². The summed E-state index contributed by atoms with van der Waals surface area (Å²) < 4.78 is 6.20. The van der Waals surface area contributed by atoms with E-state index in [1.165, 1.54) is 0 Å². The van der Waals surface area contributed by atoms with E-state index in [1.807, 2.05) is 6.08 Å². The Labute approximate surface area is 90.7 Å². The van der Waals surface area contributed by atoms with Gasteiger partial charge in [-0.25, -0.2) is 0 Å². The first-order valence-electron chi connectivity index (χ1n) is 5.49. The molecule has 0 aromatic heterocycles. The lowest BCUT2D eigenvalue weighted by atomic mass is 10.2. The maximum absolute atomic E-state index is 6.20. The van der Waals surface area contributed by atoms with E-state index in [0.717, 1.165) is 12.8 Å². The van der Waals surface area contributed by atoms with Gasteiger partial charge in [0.25, 0.3) is 0 Å². The van der Waals surface area contributed by atoms with E-state index in [2.05, 4.69) is 47.4 Å². The Morgan fingerprint density at radius 2 is 1.86 bits per heavy atom. The molecule has 0 amide bonds. The van der Waals surface area contributed by atoms with Crippen LogP contribution in [0.25, 0.3) is 0 Å². The number of hydrogen-bond donors (Lipinski definition) is 0. The fourth-order valence-electron chi connectivity index (χ4n) is 1.09. The highest BCUT2D eigenvalue weighted by atomic mass is 28.4. The molecule has 0 aliphatic heterocycles. The third-order valence-electron chi connectivity index (χ3n) is 3.08. The molecule has 0 aromatic carbocycles. The second-order valence-corrected chi connectivity index (χ2v) is 10.3. The van der Waals surface area contributed by atoms with Crippen LogP contribution in [0.3, 0.4) is 0 Å². The summed E-state index contributed by atoms with van der Waals surface area (Å²) in [7, 11) is -1.55. The molecule has 0 saturated heterocycles. The van der Waals surface area contributed by atoms with Crippen LogP contribution in [0.5, 0.6) is 0 Å². The molecule has 0 aliphatic rings. The van der Waals surface area contributed by atoms with Crippen molar-refractivity contribution in [2.24, 2.45) is 0 Å². The summed E-state index contributed by atoms with van der Waals surface area (Å²) in [5, 5.41) is 0.315. The normalized spacial score (nSPS) is 15.3. The Hall–Kier alpha value is -0.0831. The largest absolute Gasteiger partial charge is 0.414 e. The van der Waals surface area contributed by atoms with Crippen molar-refractivity contribution in [1.29, 1.82) is 0 Å². The number of allylic oxidation sites excluding steroid dienone is 1. The van der Waals surface area contributed by atoms with Gasteiger partial charge in [-0.3, -0.25) is 0 Å². The predicted molar refractivity (Wildman–Crippen MR) is 67.2 cm³/mol. The quantitative estimate of drug-likeness (QED) is 0.488.